The first-order valence-electron chi connectivity index (χ1n) is 7.69. The molecule has 1 aliphatic carbocycles. The molecule has 1 aromatic heterocycles. The molecule has 1 aromatic carbocycles. The van der Waals surface area contributed by atoms with Crippen LogP contribution in [0.2, 0.25) is 0 Å². The van der Waals surface area contributed by atoms with Gasteiger partial charge in [-0.2, -0.15) is 0 Å². The Morgan fingerprint density at radius 3 is 2.70 bits per heavy atom. The Kier molecular flexibility index (Phi) is 4.41. The second-order valence-electron chi connectivity index (χ2n) is 5.66. The molecule has 1 amide bonds. The topological polar surface area (TPSA) is 81.4 Å². The number of amides is 1. The molecule has 1 saturated carbocycles. The van der Waals surface area contributed by atoms with Crippen molar-refractivity contribution in [2.45, 2.75) is 38.6 Å². The van der Waals surface area contributed by atoms with Crippen LogP contribution in [0.25, 0.3) is 0 Å². The van der Waals surface area contributed by atoms with Crippen LogP contribution in [-0.4, -0.2) is 23.1 Å². The molecule has 0 radical (unpaired) electrons. The molecule has 3 rings (SSSR count). The Labute approximate surface area is 133 Å². The summed E-state index contributed by atoms with van der Waals surface area (Å²) in [5.41, 5.74) is 0.418. The van der Waals surface area contributed by atoms with Crippen molar-refractivity contribution in [2.24, 2.45) is 0 Å². The smallest absolute Gasteiger partial charge is 0.365 e. The van der Waals surface area contributed by atoms with Crippen molar-refractivity contribution in [1.82, 2.24) is 10.5 Å². The average molecular weight is 314 g/mol. The van der Waals surface area contributed by atoms with Gasteiger partial charge in [-0.25, -0.2) is 4.79 Å². The van der Waals surface area contributed by atoms with E-state index in [0.29, 0.717) is 11.3 Å². The van der Waals surface area contributed by atoms with Crippen molar-refractivity contribution >= 4 is 11.9 Å². The zero-order chi connectivity index (χ0) is 16.2. The lowest BCUT2D eigenvalue weighted by molar-refractivity contribution is 0.0721. The van der Waals surface area contributed by atoms with Crippen LogP contribution in [0.3, 0.4) is 0 Å². The summed E-state index contributed by atoms with van der Waals surface area (Å²) in [5, 5.41) is 6.61. The maximum Gasteiger partial charge on any atom is 0.365 e. The molecule has 0 spiro atoms. The lowest BCUT2D eigenvalue weighted by Gasteiger charge is -2.14. The summed E-state index contributed by atoms with van der Waals surface area (Å²) in [5.74, 6) is -0.141. The van der Waals surface area contributed by atoms with Gasteiger partial charge < -0.3 is 14.6 Å². The van der Waals surface area contributed by atoms with E-state index in [-0.39, 0.29) is 23.4 Å². The summed E-state index contributed by atoms with van der Waals surface area (Å²) in [4.78, 5) is 24.5. The van der Waals surface area contributed by atoms with E-state index in [1.807, 2.05) is 0 Å². The number of hydrogen-bond acceptors (Lipinski definition) is 5. The van der Waals surface area contributed by atoms with Crippen LogP contribution in [0.4, 0.5) is 0 Å². The summed E-state index contributed by atoms with van der Waals surface area (Å²) < 4.78 is 10.2. The number of para-hydroxylation sites is 1. The van der Waals surface area contributed by atoms with E-state index in [1.54, 1.807) is 31.2 Å². The summed E-state index contributed by atoms with van der Waals surface area (Å²) in [6.45, 7) is 1.69. The van der Waals surface area contributed by atoms with Crippen molar-refractivity contribution in [3.8, 4) is 5.75 Å². The van der Waals surface area contributed by atoms with Gasteiger partial charge in [-0.05, 0) is 31.9 Å². The Morgan fingerprint density at radius 1 is 1.26 bits per heavy atom. The molecule has 0 saturated heterocycles. The number of nitrogens with one attached hydrogen (secondary N) is 1. The fourth-order valence-corrected chi connectivity index (χ4v) is 2.69. The quantitative estimate of drug-likeness (QED) is 0.693. The second-order valence-corrected chi connectivity index (χ2v) is 5.66. The minimum absolute atomic E-state index is 0.0773. The first kappa shape index (κ1) is 15.3. The summed E-state index contributed by atoms with van der Waals surface area (Å²) in [7, 11) is 0. The molecule has 2 aromatic rings. The fourth-order valence-electron chi connectivity index (χ4n) is 2.69. The number of carbonyl (C=O) groups is 2. The number of aryl methyl sites for hydroxylation is 1. The van der Waals surface area contributed by atoms with E-state index in [1.165, 1.54) is 6.07 Å². The van der Waals surface area contributed by atoms with Gasteiger partial charge in [-0.1, -0.05) is 30.1 Å². The monoisotopic (exact) mass is 314 g/mol. The molecular weight excluding hydrogens is 296 g/mol. The van der Waals surface area contributed by atoms with E-state index in [0.717, 1.165) is 25.7 Å². The Hall–Kier alpha value is -2.63. The van der Waals surface area contributed by atoms with Gasteiger partial charge >= 0.3 is 5.97 Å². The number of carbonyl (C=O) groups excluding carboxylic acids is 2. The molecule has 6 heteroatoms. The Morgan fingerprint density at radius 2 is 2.00 bits per heavy atom. The second kappa shape index (κ2) is 6.64. The van der Waals surface area contributed by atoms with Crippen molar-refractivity contribution < 1.29 is 18.8 Å². The van der Waals surface area contributed by atoms with Crippen LogP contribution in [0.5, 0.6) is 5.75 Å². The molecule has 1 heterocycles. The first-order chi connectivity index (χ1) is 11.1. The Balaban J connectivity index is 1.74. The SMILES string of the molecule is Cc1cc(C(=O)Oc2ccccc2C(=O)NC2CCCC2)no1. The lowest BCUT2D eigenvalue weighted by Crippen LogP contribution is -2.33. The van der Waals surface area contributed by atoms with Crippen molar-refractivity contribution in [1.29, 1.82) is 0 Å². The van der Waals surface area contributed by atoms with E-state index in [2.05, 4.69) is 10.5 Å². The molecule has 0 atom stereocenters. The van der Waals surface area contributed by atoms with Crippen LogP contribution in [0.1, 0.15) is 52.3 Å². The molecule has 1 N–H and O–H groups in total. The molecule has 23 heavy (non-hydrogen) atoms. The van der Waals surface area contributed by atoms with E-state index in [9.17, 15) is 9.59 Å². The summed E-state index contributed by atoms with van der Waals surface area (Å²) in [6, 6.07) is 8.37. The molecule has 120 valence electrons. The van der Waals surface area contributed by atoms with Gasteiger partial charge in [0.1, 0.15) is 11.5 Å². The summed E-state index contributed by atoms with van der Waals surface area (Å²) in [6.07, 6.45) is 4.25. The number of aromatic nitrogens is 1. The van der Waals surface area contributed by atoms with Crippen molar-refractivity contribution in [3.05, 3.63) is 47.3 Å². The predicted octanol–water partition coefficient (Wildman–Crippen LogP) is 2.87. The predicted molar refractivity (Wildman–Crippen MR) is 82.4 cm³/mol. The number of hydrogen-bond donors (Lipinski definition) is 1. The van der Waals surface area contributed by atoms with E-state index >= 15 is 0 Å². The standard InChI is InChI=1S/C17H18N2O4/c1-11-10-14(19-23-11)17(21)22-15-9-5-4-8-13(15)16(20)18-12-6-2-3-7-12/h4-5,8-10,12H,2-3,6-7H2,1H3,(H,18,20). The fraction of sp³-hybridized carbons (Fsp3) is 0.353. The van der Waals surface area contributed by atoms with Gasteiger partial charge in [0.15, 0.2) is 5.69 Å². The number of nitrogens with zero attached hydrogens (tertiary/aromatic N) is 1. The van der Waals surface area contributed by atoms with Crippen LogP contribution in [0, 0.1) is 6.92 Å². The maximum atomic E-state index is 12.4. The third kappa shape index (κ3) is 3.59. The van der Waals surface area contributed by atoms with Crippen molar-refractivity contribution in [2.75, 3.05) is 0 Å². The van der Waals surface area contributed by atoms with Gasteiger partial charge in [0, 0.05) is 12.1 Å². The Bertz CT molecular complexity index is 717. The zero-order valence-corrected chi connectivity index (χ0v) is 12.9. The highest BCUT2D eigenvalue weighted by Gasteiger charge is 2.22. The van der Waals surface area contributed by atoms with E-state index in [4.69, 9.17) is 9.26 Å². The maximum absolute atomic E-state index is 12.4. The van der Waals surface area contributed by atoms with Gasteiger partial charge in [0.25, 0.3) is 5.91 Å². The van der Waals surface area contributed by atoms with Crippen LogP contribution < -0.4 is 10.1 Å². The molecule has 1 aliphatic rings. The summed E-state index contributed by atoms with van der Waals surface area (Å²) >= 11 is 0. The average Bonchev–Trinajstić information content (AvgIpc) is 3.19. The number of rotatable bonds is 4. The van der Waals surface area contributed by atoms with Gasteiger partial charge in [-0.3, -0.25) is 4.79 Å². The third-order valence-electron chi connectivity index (χ3n) is 3.86. The molecular formula is C17H18N2O4. The molecule has 1 fully saturated rings. The normalized spacial score (nSPS) is 14.7. The largest absolute Gasteiger partial charge is 0.421 e. The van der Waals surface area contributed by atoms with Gasteiger partial charge in [0.2, 0.25) is 0 Å². The van der Waals surface area contributed by atoms with Crippen LogP contribution in [-0.2, 0) is 0 Å². The third-order valence-corrected chi connectivity index (χ3v) is 3.86. The molecule has 0 unspecified atom stereocenters. The highest BCUT2D eigenvalue weighted by molar-refractivity contribution is 5.98. The van der Waals surface area contributed by atoms with Crippen LogP contribution >= 0.6 is 0 Å². The number of ether oxygens (including phenoxy) is 1. The molecule has 6 nitrogen and oxygen atoms in total. The number of benzene rings is 1. The van der Waals surface area contributed by atoms with Gasteiger partial charge in [-0.15, -0.1) is 0 Å². The first-order valence-corrected chi connectivity index (χ1v) is 7.69. The van der Waals surface area contributed by atoms with E-state index < -0.39 is 5.97 Å². The highest BCUT2D eigenvalue weighted by Crippen LogP contribution is 2.22. The minimum Gasteiger partial charge on any atom is -0.421 e. The zero-order valence-electron chi connectivity index (χ0n) is 12.9. The lowest BCUT2D eigenvalue weighted by atomic mass is 10.1. The van der Waals surface area contributed by atoms with Gasteiger partial charge in [0.05, 0.1) is 5.56 Å². The highest BCUT2D eigenvalue weighted by atomic mass is 16.5. The molecule has 0 aliphatic heterocycles. The minimum atomic E-state index is -0.650. The van der Waals surface area contributed by atoms with Crippen molar-refractivity contribution in [3.63, 3.8) is 0 Å². The van der Waals surface area contributed by atoms with Crippen LogP contribution in [0.15, 0.2) is 34.9 Å². The molecule has 0 bridgehead atoms. The number of esters is 1.